The van der Waals surface area contributed by atoms with Crippen LogP contribution in [-0.4, -0.2) is 36.0 Å². The van der Waals surface area contributed by atoms with Gasteiger partial charge in [0, 0.05) is 31.4 Å². The number of aryl methyl sites for hydroxylation is 1. The van der Waals surface area contributed by atoms with Gasteiger partial charge in [0.15, 0.2) is 17.0 Å². The maximum atomic E-state index is 6.03. The standard InChI is InChI=1S/C14H18ClN7/c1-9(2)22-8-19-11-12(20-14(15)21-13(11)22)18-5-3-4-10-16-6-7-17-10/h6-9H,3-5H2,1-2H3,(H,16,17)(H,18,20,21). The molecule has 3 aromatic heterocycles. The fourth-order valence-electron chi connectivity index (χ4n) is 2.29. The lowest BCUT2D eigenvalue weighted by molar-refractivity contribution is 0.612. The van der Waals surface area contributed by atoms with Gasteiger partial charge >= 0.3 is 0 Å². The fraction of sp³-hybridized carbons (Fsp3) is 0.429. The lowest BCUT2D eigenvalue weighted by atomic mass is 10.3. The van der Waals surface area contributed by atoms with Gasteiger partial charge in [0.05, 0.1) is 6.33 Å². The molecule has 0 fully saturated rings. The third-order valence-electron chi connectivity index (χ3n) is 3.39. The second-order valence-electron chi connectivity index (χ2n) is 5.33. The number of aromatic amines is 1. The van der Waals surface area contributed by atoms with Crippen molar-refractivity contribution in [3.8, 4) is 0 Å². The SMILES string of the molecule is CC(C)n1cnc2c(NCCCc3ncc[nH]3)nc(Cl)nc21. The molecule has 116 valence electrons. The molecule has 0 aliphatic rings. The molecule has 0 spiro atoms. The average Bonchev–Trinajstić information content (AvgIpc) is 3.12. The highest BCUT2D eigenvalue weighted by Gasteiger charge is 2.13. The van der Waals surface area contributed by atoms with Crippen LogP contribution >= 0.6 is 11.6 Å². The van der Waals surface area contributed by atoms with E-state index >= 15 is 0 Å². The van der Waals surface area contributed by atoms with Crippen molar-refractivity contribution in [1.29, 1.82) is 0 Å². The summed E-state index contributed by atoms with van der Waals surface area (Å²) < 4.78 is 1.98. The maximum absolute atomic E-state index is 6.03. The predicted octanol–water partition coefficient (Wildman–Crippen LogP) is 2.83. The van der Waals surface area contributed by atoms with Gasteiger partial charge in [0.1, 0.15) is 5.82 Å². The van der Waals surface area contributed by atoms with Crippen LogP contribution in [0.25, 0.3) is 11.2 Å². The zero-order valence-electron chi connectivity index (χ0n) is 12.5. The summed E-state index contributed by atoms with van der Waals surface area (Å²) in [5, 5.41) is 3.52. The van der Waals surface area contributed by atoms with E-state index in [4.69, 9.17) is 11.6 Å². The normalized spacial score (nSPS) is 11.5. The first-order chi connectivity index (χ1) is 10.6. The molecule has 22 heavy (non-hydrogen) atoms. The van der Waals surface area contributed by atoms with Crippen LogP contribution in [0.4, 0.5) is 5.82 Å². The molecule has 3 heterocycles. The van der Waals surface area contributed by atoms with Crippen LogP contribution in [0.5, 0.6) is 0 Å². The lowest BCUT2D eigenvalue weighted by Crippen LogP contribution is -2.07. The van der Waals surface area contributed by atoms with Gasteiger partial charge in [0.2, 0.25) is 5.28 Å². The molecule has 0 amide bonds. The van der Waals surface area contributed by atoms with E-state index in [2.05, 4.69) is 44.1 Å². The van der Waals surface area contributed by atoms with Crippen molar-refractivity contribution in [2.75, 3.05) is 11.9 Å². The Hall–Kier alpha value is -2.15. The van der Waals surface area contributed by atoms with Crippen LogP contribution in [-0.2, 0) is 6.42 Å². The molecular formula is C14H18ClN7. The van der Waals surface area contributed by atoms with E-state index in [0.717, 1.165) is 36.4 Å². The third kappa shape index (κ3) is 3.04. The molecule has 0 aromatic carbocycles. The molecule has 0 saturated carbocycles. The minimum Gasteiger partial charge on any atom is -0.368 e. The molecule has 0 atom stereocenters. The summed E-state index contributed by atoms with van der Waals surface area (Å²) in [5.41, 5.74) is 1.50. The second-order valence-corrected chi connectivity index (χ2v) is 5.66. The van der Waals surface area contributed by atoms with Crippen molar-refractivity contribution < 1.29 is 0 Å². The number of hydrogen-bond donors (Lipinski definition) is 2. The Labute approximate surface area is 133 Å². The Morgan fingerprint density at radius 1 is 1.32 bits per heavy atom. The van der Waals surface area contributed by atoms with Crippen LogP contribution in [0.15, 0.2) is 18.7 Å². The summed E-state index contributed by atoms with van der Waals surface area (Å²) in [6, 6.07) is 0.266. The lowest BCUT2D eigenvalue weighted by Gasteiger charge is -2.09. The average molecular weight is 320 g/mol. The molecule has 3 rings (SSSR count). The van der Waals surface area contributed by atoms with Crippen molar-refractivity contribution >= 4 is 28.6 Å². The van der Waals surface area contributed by atoms with E-state index in [9.17, 15) is 0 Å². The van der Waals surface area contributed by atoms with Crippen LogP contribution in [0.1, 0.15) is 32.1 Å². The van der Waals surface area contributed by atoms with Crippen molar-refractivity contribution in [1.82, 2.24) is 29.5 Å². The minimum atomic E-state index is 0.225. The van der Waals surface area contributed by atoms with E-state index in [1.165, 1.54) is 0 Å². The van der Waals surface area contributed by atoms with Gasteiger partial charge in [-0.15, -0.1) is 0 Å². The van der Waals surface area contributed by atoms with E-state index < -0.39 is 0 Å². The number of halogens is 1. The fourth-order valence-corrected chi connectivity index (χ4v) is 2.45. The van der Waals surface area contributed by atoms with Crippen LogP contribution in [0.2, 0.25) is 5.28 Å². The topological polar surface area (TPSA) is 84.3 Å². The molecule has 8 heteroatoms. The number of aromatic nitrogens is 6. The number of fused-ring (bicyclic) bond motifs is 1. The number of nitrogens with zero attached hydrogens (tertiary/aromatic N) is 5. The minimum absolute atomic E-state index is 0.225. The number of nitrogens with one attached hydrogen (secondary N) is 2. The molecule has 0 aliphatic carbocycles. The number of rotatable bonds is 6. The van der Waals surface area contributed by atoms with Crippen LogP contribution < -0.4 is 5.32 Å². The first-order valence-electron chi connectivity index (χ1n) is 7.27. The Morgan fingerprint density at radius 2 is 2.18 bits per heavy atom. The number of H-pyrrole nitrogens is 1. The van der Waals surface area contributed by atoms with E-state index in [1.54, 1.807) is 12.5 Å². The Kier molecular flexibility index (Phi) is 4.24. The molecular weight excluding hydrogens is 302 g/mol. The number of imidazole rings is 2. The quantitative estimate of drug-likeness (QED) is 0.539. The Balaban J connectivity index is 1.73. The van der Waals surface area contributed by atoms with Gasteiger partial charge in [-0.1, -0.05) is 0 Å². The molecule has 0 aliphatic heterocycles. The van der Waals surface area contributed by atoms with Gasteiger partial charge in [-0.2, -0.15) is 9.97 Å². The van der Waals surface area contributed by atoms with Gasteiger partial charge < -0.3 is 14.9 Å². The summed E-state index contributed by atoms with van der Waals surface area (Å²) in [4.78, 5) is 20.2. The smallest absolute Gasteiger partial charge is 0.226 e. The third-order valence-corrected chi connectivity index (χ3v) is 3.56. The Morgan fingerprint density at radius 3 is 2.91 bits per heavy atom. The van der Waals surface area contributed by atoms with Gasteiger partial charge in [-0.3, -0.25) is 0 Å². The second kappa shape index (κ2) is 6.31. The summed E-state index contributed by atoms with van der Waals surface area (Å²) in [6.45, 7) is 4.92. The van der Waals surface area contributed by atoms with Crippen molar-refractivity contribution in [3.05, 3.63) is 29.8 Å². The maximum Gasteiger partial charge on any atom is 0.226 e. The highest BCUT2D eigenvalue weighted by Crippen LogP contribution is 2.23. The van der Waals surface area contributed by atoms with E-state index in [0.29, 0.717) is 5.82 Å². The summed E-state index contributed by atoms with van der Waals surface area (Å²) in [5.74, 6) is 1.66. The van der Waals surface area contributed by atoms with Crippen molar-refractivity contribution in [3.63, 3.8) is 0 Å². The van der Waals surface area contributed by atoms with E-state index in [-0.39, 0.29) is 11.3 Å². The summed E-state index contributed by atoms with van der Waals surface area (Å²) in [7, 11) is 0. The predicted molar refractivity (Wildman–Crippen MR) is 86.1 cm³/mol. The monoisotopic (exact) mass is 319 g/mol. The summed E-state index contributed by atoms with van der Waals surface area (Å²) >= 11 is 6.03. The van der Waals surface area contributed by atoms with Gasteiger partial charge in [-0.05, 0) is 31.9 Å². The molecule has 3 aromatic rings. The van der Waals surface area contributed by atoms with E-state index in [1.807, 2.05) is 10.8 Å². The first-order valence-corrected chi connectivity index (χ1v) is 7.65. The summed E-state index contributed by atoms with van der Waals surface area (Å²) in [6.07, 6.45) is 7.17. The highest BCUT2D eigenvalue weighted by molar-refractivity contribution is 6.28. The van der Waals surface area contributed by atoms with Crippen LogP contribution in [0, 0.1) is 0 Å². The number of anilines is 1. The molecule has 0 saturated heterocycles. The molecule has 0 bridgehead atoms. The zero-order chi connectivity index (χ0) is 15.5. The van der Waals surface area contributed by atoms with Gasteiger partial charge in [0.25, 0.3) is 0 Å². The number of hydrogen-bond acceptors (Lipinski definition) is 5. The van der Waals surface area contributed by atoms with Gasteiger partial charge in [-0.25, -0.2) is 9.97 Å². The Bertz CT molecular complexity index is 748. The molecule has 2 N–H and O–H groups in total. The van der Waals surface area contributed by atoms with Crippen LogP contribution in [0.3, 0.4) is 0 Å². The molecule has 7 nitrogen and oxygen atoms in total. The van der Waals surface area contributed by atoms with Crippen molar-refractivity contribution in [2.45, 2.75) is 32.7 Å². The molecule has 0 radical (unpaired) electrons. The largest absolute Gasteiger partial charge is 0.368 e. The highest BCUT2D eigenvalue weighted by atomic mass is 35.5. The zero-order valence-corrected chi connectivity index (χ0v) is 13.3. The molecule has 0 unspecified atom stereocenters. The van der Waals surface area contributed by atoms with Crippen molar-refractivity contribution in [2.24, 2.45) is 0 Å². The first kappa shape index (κ1) is 14.8.